The van der Waals surface area contributed by atoms with Crippen LogP contribution < -0.4 is 0 Å². The summed E-state index contributed by atoms with van der Waals surface area (Å²) in [5.41, 5.74) is 2.24. The fraction of sp³-hybridized carbons (Fsp3) is 0.654. The van der Waals surface area contributed by atoms with E-state index in [9.17, 15) is 0 Å². The van der Waals surface area contributed by atoms with Gasteiger partial charge in [0.1, 0.15) is 11.5 Å². The zero-order valence-electron chi connectivity index (χ0n) is 19.5. The second-order valence-corrected chi connectivity index (χ2v) is 10.7. The van der Waals surface area contributed by atoms with Gasteiger partial charge in [-0.2, -0.15) is 0 Å². The molecule has 2 aromatic heterocycles. The van der Waals surface area contributed by atoms with Crippen LogP contribution in [0.1, 0.15) is 50.2 Å². The van der Waals surface area contributed by atoms with Gasteiger partial charge in [-0.15, -0.1) is 0 Å². The molecule has 1 unspecified atom stereocenters. The number of aryl methyl sites for hydroxylation is 1. The van der Waals surface area contributed by atoms with Crippen molar-refractivity contribution < 1.29 is 4.42 Å². The summed E-state index contributed by atoms with van der Waals surface area (Å²) in [5.74, 6) is 2.13. The fourth-order valence-corrected chi connectivity index (χ4v) is 6.53. The lowest BCUT2D eigenvalue weighted by atomic mass is 9.57. The average molecular weight is 423 g/mol. The molecular weight excluding hydrogens is 384 g/mol. The molecule has 0 radical (unpaired) electrons. The van der Waals surface area contributed by atoms with Crippen LogP contribution in [-0.4, -0.2) is 65.0 Å². The molecule has 0 bridgehead atoms. The first-order valence-corrected chi connectivity index (χ1v) is 12.1. The van der Waals surface area contributed by atoms with Gasteiger partial charge in [0.25, 0.3) is 0 Å². The topological polar surface area (TPSA) is 35.8 Å². The summed E-state index contributed by atoms with van der Waals surface area (Å²) in [5, 5.41) is 0. The molecule has 3 aliphatic heterocycles. The first-order valence-electron chi connectivity index (χ1n) is 12.1. The summed E-state index contributed by atoms with van der Waals surface area (Å²) in [6.45, 7) is 16.1. The van der Waals surface area contributed by atoms with Crippen LogP contribution in [0, 0.1) is 17.8 Å². The normalized spacial score (nSPS) is 27.2. The molecule has 1 atom stereocenters. The molecule has 5 rings (SSSR count). The van der Waals surface area contributed by atoms with E-state index in [0.29, 0.717) is 16.9 Å². The van der Waals surface area contributed by atoms with E-state index < -0.39 is 0 Å². The van der Waals surface area contributed by atoms with Crippen molar-refractivity contribution in [3.63, 3.8) is 0 Å². The quantitative estimate of drug-likeness (QED) is 0.722. The van der Waals surface area contributed by atoms with Crippen LogP contribution in [0.5, 0.6) is 0 Å². The molecule has 5 heterocycles. The maximum Gasteiger partial charge on any atom is 0.118 e. The van der Waals surface area contributed by atoms with E-state index in [4.69, 9.17) is 4.42 Å². The number of aromatic nitrogens is 1. The molecule has 5 nitrogen and oxygen atoms in total. The molecule has 0 saturated carbocycles. The Bertz CT molecular complexity index is 873. The molecule has 0 aromatic carbocycles. The number of fused-ring (bicyclic) bond motifs is 1. The number of hydrogen-bond acceptors (Lipinski definition) is 5. The molecule has 3 aliphatic rings. The smallest absolute Gasteiger partial charge is 0.118 e. The van der Waals surface area contributed by atoms with Gasteiger partial charge in [-0.25, -0.2) is 0 Å². The maximum absolute atomic E-state index is 5.88. The van der Waals surface area contributed by atoms with Crippen molar-refractivity contribution in [3.8, 4) is 0 Å². The third-order valence-corrected chi connectivity index (χ3v) is 8.26. The summed E-state index contributed by atoms with van der Waals surface area (Å²) < 4.78 is 5.88. The van der Waals surface area contributed by atoms with Crippen molar-refractivity contribution >= 4 is 0 Å². The van der Waals surface area contributed by atoms with Gasteiger partial charge in [-0.3, -0.25) is 19.7 Å². The second kappa shape index (κ2) is 8.34. The maximum atomic E-state index is 5.88. The van der Waals surface area contributed by atoms with Gasteiger partial charge in [0.05, 0.1) is 6.54 Å². The molecule has 0 aliphatic carbocycles. The molecule has 3 fully saturated rings. The zero-order chi connectivity index (χ0) is 21.5. The van der Waals surface area contributed by atoms with Crippen molar-refractivity contribution in [2.75, 3.05) is 39.3 Å². The Hall–Kier alpha value is -1.69. The molecule has 5 heteroatoms. The van der Waals surface area contributed by atoms with E-state index in [1.165, 1.54) is 64.1 Å². The Kier molecular flexibility index (Phi) is 5.70. The van der Waals surface area contributed by atoms with Crippen LogP contribution in [0.4, 0.5) is 0 Å². The van der Waals surface area contributed by atoms with E-state index in [1.54, 1.807) is 0 Å². The van der Waals surface area contributed by atoms with Crippen molar-refractivity contribution in [2.24, 2.45) is 10.8 Å². The second-order valence-electron chi connectivity index (χ2n) is 10.7. The molecule has 168 valence electrons. The number of likely N-dealkylation sites (tertiary alicyclic amines) is 3. The summed E-state index contributed by atoms with van der Waals surface area (Å²) in [7, 11) is 0. The molecule has 2 aromatic rings. The lowest BCUT2D eigenvalue weighted by molar-refractivity contribution is -0.0911. The van der Waals surface area contributed by atoms with Gasteiger partial charge in [-0.1, -0.05) is 6.07 Å². The first-order chi connectivity index (χ1) is 15.0. The molecule has 31 heavy (non-hydrogen) atoms. The predicted octanol–water partition coefficient (Wildman–Crippen LogP) is 4.18. The molecule has 0 N–H and O–H groups in total. The molecule has 0 amide bonds. The Morgan fingerprint density at radius 2 is 1.81 bits per heavy atom. The summed E-state index contributed by atoms with van der Waals surface area (Å²) in [6, 6.07) is 9.19. The largest absolute Gasteiger partial charge is 0.465 e. The summed E-state index contributed by atoms with van der Waals surface area (Å²) in [6.07, 6.45) is 7.88. The third kappa shape index (κ3) is 4.08. The van der Waals surface area contributed by atoms with Crippen LogP contribution in [0.2, 0.25) is 0 Å². The lowest BCUT2D eigenvalue weighted by Crippen LogP contribution is -2.65. The molecule has 2 spiro atoms. The monoisotopic (exact) mass is 422 g/mol. The van der Waals surface area contributed by atoms with Crippen LogP contribution in [0.3, 0.4) is 0 Å². The van der Waals surface area contributed by atoms with E-state index in [0.717, 1.165) is 24.6 Å². The van der Waals surface area contributed by atoms with Gasteiger partial charge >= 0.3 is 0 Å². The number of furan rings is 1. The van der Waals surface area contributed by atoms with Crippen LogP contribution in [0.15, 0.2) is 41.1 Å². The minimum absolute atomic E-state index is 0.439. The summed E-state index contributed by atoms with van der Waals surface area (Å²) in [4.78, 5) is 12.4. The zero-order valence-corrected chi connectivity index (χ0v) is 19.5. The van der Waals surface area contributed by atoms with Crippen molar-refractivity contribution in [1.29, 1.82) is 0 Å². The summed E-state index contributed by atoms with van der Waals surface area (Å²) >= 11 is 0. The predicted molar refractivity (Wildman–Crippen MR) is 124 cm³/mol. The first kappa shape index (κ1) is 21.2. The Labute approximate surface area is 187 Å². The van der Waals surface area contributed by atoms with Gasteiger partial charge < -0.3 is 4.42 Å². The van der Waals surface area contributed by atoms with Gasteiger partial charge in [0.2, 0.25) is 0 Å². The third-order valence-electron chi connectivity index (χ3n) is 8.26. The van der Waals surface area contributed by atoms with Crippen molar-refractivity contribution in [3.05, 3.63) is 53.7 Å². The SMILES string of the molecule is Cc1ccc(CN2CCCC3(CC2)CN(Cc2cccnc2)CC32CN(C(C)C)C2)o1. The van der Waals surface area contributed by atoms with E-state index in [2.05, 4.69) is 57.8 Å². The standard InChI is InChI=1S/C26H38N4O/c1-21(2)30-19-26(20-30)18-29(15-23-6-4-11-27-14-23)17-25(26)9-5-12-28(13-10-25)16-24-8-7-22(3)31-24/h4,6-8,11,14,21H,5,9-10,12-13,15-20H2,1-3H3. The van der Waals surface area contributed by atoms with Crippen molar-refractivity contribution in [2.45, 2.75) is 59.2 Å². The molecule has 3 saturated heterocycles. The van der Waals surface area contributed by atoms with Gasteiger partial charge in [-0.05, 0) is 82.3 Å². The average Bonchev–Trinajstić information content (AvgIpc) is 3.19. The highest BCUT2D eigenvalue weighted by Gasteiger charge is 2.62. The van der Waals surface area contributed by atoms with E-state index in [1.807, 2.05) is 19.3 Å². The fourth-order valence-electron chi connectivity index (χ4n) is 6.53. The lowest BCUT2D eigenvalue weighted by Gasteiger charge is -2.58. The Morgan fingerprint density at radius 1 is 0.968 bits per heavy atom. The van der Waals surface area contributed by atoms with Crippen molar-refractivity contribution in [1.82, 2.24) is 19.7 Å². The molecular formula is C26H38N4O. The highest BCUT2D eigenvalue weighted by molar-refractivity contribution is 5.17. The van der Waals surface area contributed by atoms with Crippen LogP contribution in [0.25, 0.3) is 0 Å². The minimum atomic E-state index is 0.439. The number of hydrogen-bond donors (Lipinski definition) is 0. The van der Waals surface area contributed by atoms with E-state index >= 15 is 0 Å². The highest BCUT2D eigenvalue weighted by Crippen LogP contribution is 2.57. The Balaban J connectivity index is 1.32. The number of pyridine rings is 1. The van der Waals surface area contributed by atoms with E-state index in [-0.39, 0.29) is 0 Å². The van der Waals surface area contributed by atoms with Gasteiger partial charge in [0, 0.05) is 56.6 Å². The number of rotatable bonds is 5. The van der Waals surface area contributed by atoms with Gasteiger partial charge in [0.15, 0.2) is 0 Å². The Morgan fingerprint density at radius 3 is 2.52 bits per heavy atom. The number of nitrogens with zero attached hydrogens (tertiary/aromatic N) is 4. The minimum Gasteiger partial charge on any atom is -0.465 e. The highest BCUT2D eigenvalue weighted by atomic mass is 16.3. The van der Waals surface area contributed by atoms with Crippen LogP contribution >= 0.6 is 0 Å². The van der Waals surface area contributed by atoms with Crippen LogP contribution in [-0.2, 0) is 13.1 Å².